The maximum atomic E-state index is 13.2. The van der Waals surface area contributed by atoms with Crippen LogP contribution in [-0.4, -0.2) is 37.6 Å². The lowest BCUT2D eigenvalue weighted by Gasteiger charge is -2.22. The zero-order valence-corrected chi connectivity index (χ0v) is 11.6. The molecule has 108 valence electrons. The normalized spacial score (nSPS) is 12.9. The lowest BCUT2D eigenvalue weighted by molar-refractivity contribution is 0.296. The summed E-state index contributed by atoms with van der Waals surface area (Å²) in [7, 11) is 0. The van der Waals surface area contributed by atoms with Crippen LogP contribution in [0.25, 0.3) is 0 Å². The third kappa shape index (κ3) is 5.22. The molecule has 3 nitrogen and oxygen atoms in total. The Kier molecular flexibility index (Phi) is 6.91. The van der Waals surface area contributed by atoms with E-state index in [0.717, 1.165) is 32.2 Å². The number of nitrogens with two attached hydrogens (primary N) is 1. The molecule has 1 aromatic carbocycles. The second-order valence-corrected chi connectivity index (χ2v) is 4.47. The van der Waals surface area contributed by atoms with Crippen LogP contribution in [0.2, 0.25) is 0 Å². The van der Waals surface area contributed by atoms with E-state index in [0.29, 0.717) is 12.1 Å². The molecule has 0 aromatic heterocycles. The Hall–Kier alpha value is -1.04. The highest BCUT2D eigenvalue weighted by Gasteiger charge is 2.11. The van der Waals surface area contributed by atoms with Crippen LogP contribution in [0.1, 0.15) is 25.5 Å². The summed E-state index contributed by atoms with van der Waals surface area (Å²) >= 11 is 0. The van der Waals surface area contributed by atoms with E-state index in [1.807, 2.05) is 0 Å². The highest BCUT2D eigenvalue weighted by Crippen LogP contribution is 2.15. The predicted octanol–water partition coefficient (Wildman–Crippen LogP) is 1.90. The molecule has 3 N–H and O–H groups in total. The average Bonchev–Trinajstić information content (AvgIpc) is 2.38. The molecule has 1 atom stereocenters. The minimum absolute atomic E-state index is 0.222. The summed E-state index contributed by atoms with van der Waals surface area (Å²) in [5, 5.41) is 3.24. The number of likely N-dealkylation sites (N-methyl/N-ethyl adjacent to an activating group) is 1. The summed E-state index contributed by atoms with van der Waals surface area (Å²) in [6, 6.07) is 3.30. The van der Waals surface area contributed by atoms with E-state index in [2.05, 4.69) is 24.1 Å². The van der Waals surface area contributed by atoms with Gasteiger partial charge in [-0.05, 0) is 30.8 Å². The molecular weight excluding hydrogens is 248 g/mol. The summed E-state index contributed by atoms with van der Waals surface area (Å²) in [6.45, 7) is 8.11. The van der Waals surface area contributed by atoms with Crippen LogP contribution in [0.4, 0.5) is 8.78 Å². The van der Waals surface area contributed by atoms with Gasteiger partial charge in [0.05, 0.1) is 0 Å². The van der Waals surface area contributed by atoms with Gasteiger partial charge in [-0.1, -0.05) is 13.8 Å². The zero-order chi connectivity index (χ0) is 14.3. The van der Waals surface area contributed by atoms with Gasteiger partial charge in [0.25, 0.3) is 0 Å². The highest BCUT2D eigenvalue weighted by molar-refractivity contribution is 5.21. The Balaban J connectivity index is 2.58. The van der Waals surface area contributed by atoms with Crippen molar-refractivity contribution in [2.45, 2.75) is 19.9 Å². The molecule has 0 bridgehead atoms. The van der Waals surface area contributed by atoms with Crippen molar-refractivity contribution in [3.8, 4) is 0 Å². The molecule has 0 radical (unpaired) electrons. The number of rotatable bonds is 8. The number of nitrogens with zero attached hydrogens (tertiary/aromatic N) is 1. The van der Waals surface area contributed by atoms with Gasteiger partial charge in [-0.25, -0.2) is 8.78 Å². The van der Waals surface area contributed by atoms with Crippen LogP contribution < -0.4 is 11.1 Å². The van der Waals surface area contributed by atoms with Gasteiger partial charge in [0.15, 0.2) is 0 Å². The van der Waals surface area contributed by atoms with Crippen molar-refractivity contribution >= 4 is 0 Å². The van der Waals surface area contributed by atoms with Crippen molar-refractivity contribution in [2.75, 3.05) is 32.7 Å². The average molecular weight is 271 g/mol. The summed E-state index contributed by atoms with van der Waals surface area (Å²) in [6.07, 6.45) is 0. The molecule has 1 rings (SSSR count). The lowest BCUT2D eigenvalue weighted by Crippen LogP contribution is -2.36. The van der Waals surface area contributed by atoms with Gasteiger partial charge in [-0.2, -0.15) is 0 Å². The second-order valence-electron chi connectivity index (χ2n) is 4.47. The molecule has 0 amide bonds. The number of halogens is 2. The van der Waals surface area contributed by atoms with Crippen molar-refractivity contribution in [3.05, 3.63) is 35.4 Å². The minimum atomic E-state index is -0.570. The van der Waals surface area contributed by atoms with Crippen molar-refractivity contribution in [1.29, 1.82) is 0 Å². The van der Waals surface area contributed by atoms with Crippen molar-refractivity contribution in [3.63, 3.8) is 0 Å². The highest BCUT2D eigenvalue weighted by atomic mass is 19.1. The Morgan fingerprint density at radius 2 is 1.74 bits per heavy atom. The van der Waals surface area contributed by atoms with Crippen LogP contribution >= 0.6 is 0 Å². The van der Waals surface area contributed by atoms with E-state index < -0.39 is 11.6 Å². The summed E-state index contributed by atoms with van der Waals surface area (Å²) in [4.78, 5) is 2.27. The van der Waals surface area contributed by atoms with Gasteiger partial charge in [-0.15, -0.1) is 0 Å². The molecule has 0 heterocycles. The molecule has 0 aliphatic rings. The molecule has 0 aliphatic carbocycles. The molecule has 0 fully saturated rings. The number of hydrogen-bond donors (Lipinski definition) is 2. The van der Waals surface area contributed by atoms with Crippen LogP contribution in [0.3, 0.4) is 0 Å². The smallest absolute Gasteiger partial charge is 0.126 e. The Morgan fingerprint density at radius 1 is 1.16 bits per heavy atom. The third-order valence-electron chi connectivity index (χ3n) is 3.24. The molecule has 0 spiro atoms. The van der Waals surface area contributed by atoms with E-state index in [1.54, 1.807) is 0 Å². The fraction of sp³-hybridized carbons (Fsp3) is 0.571. The molecule has 1 aromatic rings. The topological polar surface area (TPSA) is 41.3 Å². The minimum Gasteiger partial charge on any atom is -0.329 e. The van der Waals surface area contributed by atoms with Gasteiger partial charge >= 0.3 is 0 Å². The van der Waals surface area contributed by atoms with E-state index in [1.165, 1.54) is 12.1 Å². The maximum absolute atomic E-state index is 13.2. The van der Waals surface area contributed by atoms with Crippen LogP contribution in [0, 0.1) is 11.6 Å². The first kappa shape index (κ1) is 16.0. The van der Waals surface area contributed by atoms with Crippen LogP contribution in [0.15, 0.2) is 18.2 Å². The third-order valence-corrected chi connectivity index (χ3v) is 3.24. The fourth-order valence-corrected chi connectivity index (χ4v) is 2.05. The van der Waals surface area contributed by atoms with Crippen molar-refractivity contribution in [2.24, 2.45) is 5.73 Å². The van der Waals surface area contributed by atoms with Gasteiger partial charge in [0, 0.05) is 31.7 Å². The summed E-state index contributed by atoms with van der Waals surface area (Å²) < 4.78 is 26.3. The Labute approximate surface area is 113 Å². The van der Waals surface area contributed by atoms with E-state index >= 15 is 0 Å². The lowest BCUT2D eigenvalue weighted by atomic mass is 10.1. The number of hydrogen-bond acceptors (Lipinski definition) is 3. The molecule has 1 unspecified atom stereocenters. The number of nitrogens with one attached hydrogen (secondary N) is 1. The summed E-state index contributed by atoms with van der Waals surface area (Å²) in [5.41, 5.74) is 6.22. The van der Waals surface area contributed by atoms with Gasteiger partial charge in [0.1, 0.15) is 11.6 Å². The molecule has 5 heteroatoms. The first-order valence-electron chi connectivity index (χ1n) is 6.72. The monoisotopic (exact) mass is 271 g/mol. The van der Waals surface area contributed by atoms with Gasteiger partial charge in [-0.3, -0.25) is 0 Å². The first-order chi connectivity index (χ1) is 9.10. The van der Waals surface area contributed by atoms with Crippen molar-refractivity contribution in [1.82, 2.24) is 10.2 Å². The van der Waals surface area contributed by atoms with Crippen LogP contribution in [-0.2, 0) is 0 Å². The largest absolute Gasteiger partial charge is 0.329 e. The zero-order valence-electron chi connectivity index (χ0n) is 11.6. The molecule has 19 heavy (non-hydrogen) atoms. The Morgan fingerprint density at radius 3 is 2.21 bits per heavy atom. The quantitative estimate of drug-likeness (QED) is 0.759. The fourth-order valence-electron chi connectivity index (χ4n) is 2.05. The summed E-state index contributed by atoms with van der Waals surface area (Å²) in [5.74, 6) is -1.14. The standard InChI is InChI=1S/C14H23F2N3/c1-3-19(4-2)6-5-18-14(10-17)11-7-12(15)9-13(16)8-11/h7-9,14,18H,3-6,10,17H2,1-2H3. The van der Waals surface area contributed by atoms with Crippen molar-refractivity contribution < 1.29 is 8.78 Å². The van der Waals surface area contributed by atoms with Gasteiger partial charge < -0.3 is 16.0 Å². The first-order valence-corrected chi connectivity index (χ1v) is 6.72. The molecule has 0 saturated heterocycles. The van der Waals surface area contributed by atoms with E-state index in [9.17, 15) is 8.78 Å². The molecular formula is C14H23F2N3. The molecule has 0 aliphatic heterocycles. The van der Waals surface area contributed by atoms with Gasteiger partial charge in [0.2, 0.25) is 0 Å². The Bertz CT molecular complexity index is 361. The SMILES string of the molecule is CCN(CC)CCNC(CN)c1cc(F)cc(F)c1. The van der Waals surface area contributed by atoms with Crippen LogP contribution in [0.5, 0.6) is 0 Å². The number of benzene rings is 1. The predicted molar refractivity (Wildman–Crippen MR) is 73.9 cm³/mol. The maximum Gasteiger partial charge on any atom is 0.126 e. The second kappa shape index (κ2) is 8.19. The molecule has 0 saturated carbocycles. The van der Waals surface area contributed by atoms with E-state index in [4.69, 9.17) is 5.73 Å². The van der Waals surface area contributed by atoms with E-state index in [-0.39, 0.29) is 6.04 Å².